The van der Waals surface area contributed by atoms with E-state index in [1.807, 2.05) is 37.3 Å². The lowest BCUT2D eigenvalue weighted by atomic mass is 10.1. The van der Waals surface area contributed by atoms with Gasteiger partial charge in [-0.2, -0.15) is 0 Å². The van der Waals surface area contributed by atoms with Crippen LogP contribution >= 0.6 is 24.0 Å². The standard InChI is InChI=1S/C14H15NO2S2/c1-10-3-5-11(6-4-10)9-12-13(17)15(7-2-8-16)14(18)19-12/h3-6,9,16H,2,7-8H2,1H3/b12-9-. The summed E-state index contributed by atoms with van der Waals surface area (Å²) in [7, 11) is 0. The first-order valence-corrected chi connectivity index (χ1v) is 7.27. The Hall–Kier alpha value is -1.17. The molecule has 100 valence electrons. The maximum absolute atomic E-state index is 12.2. The number of hydrogen-bond donors (Lipinski definition) is 1. The molecule has 1 amide bonds. The van der Waals surface area contributed by atoms with Crippen molar-refractivity contribution in [3.05, 3.63) is 40.3 Å². The lowest BCUT2D eigenvalue weighted by Gasteiger charge is -2.12. The third kappa shape index (κ3) is 3.43. The molecule has 1 aromatic carbocycles. The molecule has 1 aromatic rings. The summed E-state index contributed by atoms with van der Waals surface area (Å²) < 4.78 is 0.566. The van der Waals surface area contributed by atoms with Gasteiger partial charge in [0.25, 0.3) is 5.91 Å². The Kier molecular flexibility index (Phi) is 4.74. The molecule has 1 heterocycles. The molecular formula is C14H15NO2S2. The third-order valence-corrected chi connectivity index (χ3v) is 4.17. The Bertz CT molecular complexity index is 523. The van der Waals surface area contributed by atoms with Crippen molar-refractivity contribution in [2.45, 2.75) is 13.3 Å². The largest absolute Gasteiger partial charge is 0.396 e. The molecule has 1 aliphatic heterocycles. The Morgan fingerprint density at radius 2 is 2.05 bits per heavy atom. The zero-order chi connectivity index (χ0) is 13.8. The van der Waals surface area contributed by atoms with Gasteiger partial charge in [0.1, 0.15) is 4.32 Å². The topological polar surface area (TPSA) is 40.5 Å². The average Bonchev–Trinajstić information content (AvgIpc) is 2.65. The molecule has 3 nitrogen and oxygen atoms in total. The molecule has 0 unspecified atom stereocenters. The number of benzene rings is 1. The minimum Gasteiger partial charge on any atom is -0.396 e. The van der Waals surface area contributed by atoms with Gasteiger partial charge >= 0.3 is 0 Å². The highest BCUT2D eigenvalue weighted by Crippen LogP contribution is 2.32. The Labute approximate surface area is 122 Å². The smallest absolute Gasteiger partial charge is 0.266 e. The molecule has 0 radical (unpaired) electrons. The lowest BCUT2D eigenvalue weighted by molar-refractivity contribution is -0.122. The van der Waals surface area contributed by atoms with Crippen molar-refractivity contribution in [2.75, 3.05) is 13.2 Å². The summed E-state index contributed by atoms with van der Waals surface area (Å²) in [5.41, 5.74) is 2.18. The number of aryl methyl sites for hydroxylation is 1. The van der Waals surface area contributed by atoms with Crippen molar-refractivity contribution < 1.29 is 9.90 Å². The van der Waals surface area contributed by atoms with E-state index in [-0.39, 0.29) is 12.5 Å². The number of aliphatic hydroxyl groups excluding tert-OH is 1. The summed E-state index contributed by atoms with van der Waals surface area (Å²) in [4.78, 5) is 14.4. The molecule has 19 heavy (non-hydrogen) atoms. The van der Waals surface area contributed by atoms with Crippen LogP contribution in [0.25, 0.3) is 6.08 Å². The number of amides is 1. The maximum Gasteiger partial charge on any atom is 0.266 e. The zero-order valence-corrected chi connectivity index (χ0v) is 12.3. The number of thiocarbonyl (C=S) groups is 1. The van der Waals surface area contributed by atoms with Gasteiger partial charge < -0.3 is 5.11 Å². The number of carbonyl (C=O) groups is 1. The molecule has 0 saturated carbocycles. The van der Waals surface area contributed by atoms with Crippen LogP contribution in [0.5, 0.6) is 0 Å². The van der Waals surface area contributed by atoms with E-state index in [9.17, 15) is 4.79 Å². The molecule has 1 saturated heterocycles. The van der Waals surface area contributed by atoms with E-state index in [1.54, 1.807) is 4.90 Å². The molecule has 1 N–H and O–H groups in total. The number of aliphatic hydroxyl groups is 1. The highest BCUT2D eigenvalue weighted by molar-refractivity contribution is 8.26. The molecule has 1 fully saturated rings. The summed E-state index contributed by atoms with van der Waals surface area (Å²) in [5.74, 6) is -0.0657. The van der Waals surface area contributed by atoms with Gasteiger partial charge in [0, 0.05) is 13.2 Å². The minimum absolute atomic E-state index is 0.0636. The number of thioether (sulfide) groups is 1. The molecule has 0 spiro atoms. The van der Waals surface area contributed by atoms with Crippen molar-refractivity contribution in [3.63, 3.8) is 0 Å². The van der Waals surface area contributed by atoms with Crippen LogP contribution in [0, 0.1) is 6.92 Å². The van der Waals surface area contributed by atoms with Crippen LogP contribution < -0.4 is 0 Å². The van der Waals surface area contributed by atoms with E-state index in [1.165, 1.54) is 17.3 Å². The average molecular weight is 293 g/mol. The first-order valence-electron chi connectivity index (χ1n) is 6.04. The first kappa shape index (κ1) is 14.2. The molecule has 2 rings (SSSR count). The van der Waals surface area contributed by atoms with Gasteiger partial charge in [-0.15, -0.1) is 0 Å². The van der Waals surface area contributed by atoms with Crippen LogP contribution in [0.2, 0.25) is 0 Å². The fourth-order valence-corrected chi connectivity index (χ4v) is 3.04. The van der Waals surface area contributed by atoms with Crippen LogP contribution in [0.15, 0.2) is 29.2 Å². The van der Waals surface area contributed by atoms with Gasteiger partial charge in [-0.25, -0.2) is 0 Å². The highest BCUT2D eigenvalue weighted by Gasteiger charge is 2.31. The normalized spacial score (nSPS) is 17.6. The minimum atomic E-state index is -0.0657. The monoisotopic (exact) mass is 293 g/mol. The van der Waals surface area contributed by atoms with E-state index in [0.29, 0.717) is 22.2 Å². The van der Waals surface area contributed by atoms with Crippen LogP contribution in [-0.2, 0) is 4.79 Å². The Morgan fingerprint density at radius 3 is 2.68 bits per heavy atom. The molecule has 0 aromatic heterocycles. The van der Waals surface area contributed by atoms with E-state index in [0.717, 1.165) is 5.56 Å². The van der Waals surface area contributed by atoms with Gasteiger partial charge in [-0.05, 0) is 25.0 Å². The number of hydrogen-bond acceptors (Lipinski definition) is 4. The van der Waals surface area contributed by atoms with E-state index >= 15 is 0 Å². The Balaban J connectivity index is 2.16. The second-order valence-electron chi connectivity index (χ2n) is 4.32. The lowest BCUT2D eigenvalue weighted by Crippen LogP contribution is -2.29. The predicted octanol–water partition coefficient (Wildman–Crippen LogP) is 2.58. The SMILES string of the molecule is Cc1ccc(/C=C2\SC(=S)N(CCCO)C2=O)cc1. The van der Waals surface area contributed by atoms with Gasteiger partial charge in [0.15, 0.2) is 0 Å². The second kappa shape index (κ2) is 6.32. The van der Waals surface area contributed by atoms with E-state index < -0.39 is 0 Å². The summed E-state index contributed by atoms with van der Waals surface area (Å²) in [6.45, 7) is 2.57. The molecule has 5 heteroatoms. The molecule has 0 aliphatic carbocycles. The number of carbonyl (C=O) groups excluding carboxylic acids is 1. The van der Waals surface area contributed by atoms with Crippen LogP contribution in [0.4, 0.5) is 0 Å². The quantitative estimate of drug-likeness (QED) is 0.684. The van der Waals surface area contributed by atoms with Gasteiger partial charge in [0.2, 0.25) is 0 Å². The van der Waals surface area contributed by atoms with Crippen molar-refractivity contribution in [2.24, 2.45) is 0 Å². The summed E-state index contributed by atoms with van der Waals surface area (Å²) in [6.07, 6.45) is 2.40. The molecule has 1 aliphatic rings. The highest BCUT2D eigenvalue weighted by atomic mass is 32.2. The van der Waals surface area contributed by atoms with Gasteiger partial charge in [-0.1, -0.05) is 53.8 Å². The number of nitrogens with zero attached hydrogens (tertiary/aromatic N) is 1. The fourth-order valence-electron chi connectivity index (χ4n) is 1.74. The van der Waals surface area contributed by atoms with Crippen LogP contribution in [0.3, 0.4) is 0 Å². The van der Waals surface area contributed by atoms with Gasteiger partial charge in [-0.3, -0.25) is 9.69 Å². The molecule has 0 bridgehead atoms. The third-order valence-electron chi connectivity index (χ3n) is 2.79. The fraction of sp³-hybridized carbons (Fsp3) is 0.286. The van der Waals surface area contributed by atoms with Crippen molar-refractivity contribution in [1.82, 2.24) is 4.90 Å². The first-order chi connectivity index (χ1) is 9.11. The van der Waals surface area contributed by atoms with Crippen molar-refractivity contribution in [1.29, 1.82) is 0 Å². The predicted molar refractivity (Wildman–Crippen MR) is 82.8 cm³/mol. The molecule has 0 atom stereocenters. The van der Waals surface area contributed by atoms with Gasteiger partial charge in [0.05, 0.1) is 4.91 Å². The second-order valence-corrected chi connectivity index (χ2v) is 6.00. The number of rotatable bonds is 4. The van der Waals surface area contributed by atoms with E-state index in [4.69, 9.17) is 17.3 Å². The van der Waals surface area contributed by atoms with Crippen molar-refractivity contribution in [3.8, 4) is 0 Å². The summed E-state index contributed by atoms with van der Waals surface area (Å²) in [5, 5.41) is 8.82. The summed E-state index contributed by atoms with van der Waals surface area (Å²) in [6, 6.07) is 7.99. The maximum atomic E-state index is 12.2. The van der Waals surface area contributed by atoms with Crippen molar-refractivity contribution >= 4 is 40.3 Å². The van der Waals surface area contributed by atoms with Crippen LogP contribution in [-0.4, -0.2) is 33.4 Å². The summed E-state index contributed by atoms with van der Waals surface area (Å²) >= 11 is 6.51. The van der Waals surface area contributed by atoms with E-state index in [2.05, 4.69) is 0 Å². The zero-order valence-electron chi connectivity index (χ0n) is 10.6. The van der Waals surface area contributed by atoms with Crippen LogP contribution in [0.1, 0.15) is 17.5 Å². The Morgan fingerprint density at radius 1 is 1.37 bits per heavy atom. The molecular weight excluding hydrogens is 278 g/mol.